The molecule has 0 bridgehead atoms. The molecule has 2 heterocycles. The highest BCUT2D eigenvalue weighted by atomic mass is 16.5. The van der Waals surface area contributed by atoms with Crippen LogP contribution in [0.3, 0.4) is 0 Å². The number of methoxy groups -OCH3 is 1. The van der Waals surface area contributed by atoms with Crippen LogP contribution < -0.4 is 4.74 Å². The average molecular weight is 609 g/mol. The molecule has 0 amide bonds. The predicted octanol–water partition coefficient (Wildman–Crippen LogP) is 11.4. The average Bonchev–Trinajstić information content (AvgIpc) is 3.64. The summed E-state index contributed by atoms with van der Waals surface area (Å²) < 4.78 is 10.6. The Bertz CT molecular complexity index is 2480. The topological polar surface area (TPSA) is 19.1 Å². The molecular formula is C44H36N2O. The molecule has 0 atom stereocenters. The number of para-hydroxylation sites is 2. The maximum Gasteiger partial charge on any atom is 0.118 e. The van der Waals surface area contributed by atoms with E-state index in [4.69, 9.17) is 4.74 Å². The Labute approximate surface area is 274 Å². The Hall–Kier alpha value is -5.54. The second-order valence-corrected chi connectivity index (χ2v) is 12.5. The largest absolute Gasteiger partial charge is 0.497 e. The molecule has 9 aromatic rings. The zero-order valence-electron chi connectivity index (χ0n) is 27.0. The van der Waals surface area contributed by atoms with Gasteiger partial charge in [0.15, 0.2) is 0 Å². The highest BCUT2D eigenvalue weighted by molar-refractivity contribution is 6.20. The van der Waals surface area contributed by atoms with Crippen molar-refractivity contribution in [2.75, 3.05) is 7.11 Å². The first-order valence-electron chi connectivity index (χ1n) is 16.7. The minimum absolute atomic E-state index is 0.0167. The van der Waals surface area contributed by atoms with Crippen molar-refractivity contribution in [2.24, 2.45) is 0 Å². The van der Waals surface area contributed by atoms with E-state index in [2.05, 4.69) is 156 Å². The van der Waals surface area contributed by atoms with E-state index in [0.717, 1.165) is 18.8 Å². The summed E-state index contributed by atoms with van der Waals surface area (Å²) in [7, 11) is 1.74. The van der Waals surface area contributed by atoms with Crippen molar-refractivity contribution in [1.29, 1.82) is 0 Å². The molecule has 47 heavy (non-hydrogen) atoms. The van der Waals surface area contributed by atoms with Gasteiger partial charge in [0.25, 0.3) is 0 Å². The van der Waals surface area contributed by atoms with Crippen molar-refractivity contribution in [3.05, 3.63) is 150 Å². The van der Waals surface area contributed by atoms with Crippen LogP contribution in [-0.4, -0.2) is 16.2 Å². The Morgan fingerprint density at radius 1 is 0.468 bits per heavy atom. The second kappa shape index (κ2) is 10.8. The third-order valence-electron chi connectivity index (χ3n) is 10.3. The zero-order chi connectivity index (χ0) is 31.6. The van der Waals surface area contributed by atoms with Crippen LogP contribution in [0.25, 0.3) is 65.2 Å². The number of nitrogens with zero attached hydrogens (tertiary/aromatic N) is 2. The van der Waals surface area contributed by atoms with E-state index in [1.807, 2.05) is 0 Å². The van der Waals surface area contributed by atoms with Gasteiger partial charge in [-0.3, -0.25) is 0 Å². The highest BCUT2D eigenvalue weighted by Gasteiger charge is 2.26. The summed E-state index contributed by atoms with van der Waals surface area (Å²) in [6, 6.07) is 49.5. The summed E-state index contributed by atoms with van der Waals surface area (Å²) in [5, 5.41) is 10.4. The molecule has 0 saturated carbocycles. The maximum absolute atomic E-state index is 5.64. The van der Waals surface area contributed by atoms with Crippen molar-refractivity contribution in [2.45, 2.75) is 32.9 Å². The Morgan fingerprint density at radius 2 is 0.872 bits per heavy atom. The van der Waals surface area contributed by atoms with E-state index in [1.165, 1.54) is 81.8 Å². The molecule has 0 saturated heterocycles. The summed E-state index contributed by atoms with van der Waals surface area (Å²) >= 11 is 0. The van der Waals surface area contributed by atoms with Gasteiger partial charge in [-0.2, -0.15) is 0 Å². The monoisotopic (exact) mass is 608 g/mol. The summed E-state index contributed by atoms with van der Waals surface area (Å²) in [6.07, 6.45) is 0. The molecular weight excluding hydrogens is 572 g/mol. The van der Waals surface area contributed by atoms with Crippen LogP contribution in [0.1, 0.15) is 36.5 Å². The van der Waals surface area contributed by atoms with E-state index in [0.29, 0.717) is 0 Å². The van der Waals surface area contributed by atoms with Gasteiger partial charge < -0.3 is 13.9 Å². The number of rotatable bonds is 6. The Kier molecular flexibility index (Phi) is 6.36. The van der Waals surface area contributed by atoms with Crippen LogP contribution in [0.5, 0.6) is 5.75 Å². The number of benzene rings is 7. The van der Waals surface area contributed by atoms with Gasteiger partial charge in [-0.25, -0.2) is 0 Å². The third-order valence-corrected chi connectivity index (χ3v) is 10.3. The Balaban J connectivity index is 1.47. The van der Waals surface area contributed by atoms with E-state index in [-0.39, 0.29) is 5.92 Å². The zero-order valence-corrected chi connectivity index (χ0v) is 27.0. The minimum Gasteiger partial charge on any atom is -0.497 e. The molecule has 228 valence electrons. The van der Waals surface area contributed by atoms with Crippen LogP contribution >= 0.6 is 0 Å². The maximum atomic E-state index is 5.64. The number of aryl methyl sites for hydroxylation is 2. The summed E-state index contributed by atoms with van der Waals surface area (Å²) in [5.74, 6) is 0.849. The van der Waals surface area contributed by atoms with E-state index >= 15 is 0 Å². The van der Waals surface area contributed by atoms with Gasteiger partial charge in [-0.15, -0.1) is 0 Å². The number of aromatic nitrogens is 2. The predicted molar refractivity (Wildman–Crippen MR) is 199 cm³/mol. The van der Waals surface area contributed by atoms with E-state index < -0.39 is 0 Å². The van der Waals surface area contributed by atoms with Crippen molar-refractivity contribution < 1.29 is 4.74 Å². The lowest BCUT2D eigenvalue weighted by Crippen LogP contribution is -2.06. The van der Waals surface area contributed by atoms with Gasteiger partial charge >= 0.3 is 0 Å². The summed E-state index contributed by atoms with van der Waals surface area (Å²) in [6.45, 7) is 6.34. The van der Waals surface area contributed by atoms with Gasteiger partial charge in [-0.05, 0) is 77.7 Å². The lowest BCUT2D eigenvalue weighted by atomic mass is 9.79. The fourth-order valence-corrected chi connectivity index (χ4v) is 8.34. The lowest BCUT2D eigenvalue weighted by Gasteiger charge is -2.24. The van der Waals surface area contributed by atoms with Gasteiger partial charge in [0.2, 0.25) is 0 Å². The molecule has 0 aliphatic rings. The molecule has 0 radical (unpaired) electrons. The fraction of sp³-hybridized carbons (Fsp3) is 0.136. The van der Waals surface area contributed by atoms with Gasteiger partial charge in [0.1, 0.15) is 5.75 Å². The van der Waals surface area contributed by atoms with Gasteiger partial charge in [0.05, 0.1) is 18.1 Å². The molecule has 0 aliphatic heterocycles. The molecule has 3 heteroatoms. The molecule has 0 aliphatic carbocycles. The van der Waals surface area contributed by atoms with Crippen LogP contribution in [0.2, 0.25) is 0 Å². The molecule has 0 N–H and O–H groups in total. The molecule has 2 aromatic heterocycles. The molecule has 0 fully saturated rings. The van der Waals surface area contributed by atoms with Crippen LogP contribution in [-0.2, 0) is 13.1 Å². The van der Waals surface area contributed by atoms with Crippen LogP contribution in [0.4, 0.5) is 0 Å². The number of hydrogen-bond acceptors (Lipinski definition) is 1. The van der Waals surface area contributed by atoms with Crippen molar-refractivity contribution in [3.8, 4) is 5.75 Å². The van der Waals surface area contributed by atoms with Crippen molar-refractivity contribution >= 4 is 65.2 Å². The van der Waals surface area contributed by atoms with Crippen LogP contribution in [0, 0.1) is 0 Å². The third kappa shape index (κ3) is 3.99. The molecule has 7 aromatic carbocycles. The van der Waals surface area contributed by atoms with Gasteiger partial charge in [-0.1, -0.05) is 97.1 Å². The normalized spacial score (nSPS) is 12.1. The number of fused-ring (bicyclic) bond motifs is 10. The van der Waals surface area contributed by atoms with E-state index in [1.54, 1.807) is 7.11 Å². The minimum atomic E-state index is -0.0167. The fourth-order valence-electron chi connectivity index (χ4n) is 8.34. The number of hydrogen-bond donors (Lipinski definition) is 0. The smallest absolute Gasteiger partial charge is 0.118 e. The SMILES string of the molecule is CCn1c2ccccc2c2cc(C(c3ccc(OC)cc3)c3cc4c5ccccc5n(CC)c4c4ccccc34)c3ccccc3c21. The second-order valence-electron chi connectivity index (χ2n) is 12.5. The van der Waals surface area contributed by atoms with Crippen molar-refractivity contribution in [1.82, 2.24) is 9.13 Å². The molecule has 3 nitrogen and oxygen atoms in total. The first kappa shape index (κ1) is 27.7. The summed E-state index contributed by atoms with van der Waals surface area (Å²) in [4.78, 5) is 0. The summed E-state index contributed by atoms with van der Waals surface area (Å²) in [5.41, 5.74) is 9.08. The quantitative estimate of drug-likeness (QED) is 0.172. The lowest BCUT2D eigenvalue weighted by molar-refractivity contribution is 0.414. The van der Waals surface area contributed by atoms with E-state index in [9.17, 15) is 0 Å². The highest BCUT2D eigenvalue weighted by Crippen LogP contribution is 2.46. The first-order chi connectivity index (χ1) is 23.2. The van der Waals surface area contributed by atoms with Crippen LogP contribution in [0.15, 0.2) is 133 Å². The Morgan fingerprint density at radius 3 is 1.30 bits per heavy atom. The first-order valence-corrected chi connectivity index (χ1v) is 16.7. The van der Waals surface area contributed by atoms with Crippen molar-refractivity contribution in [3.63, 3.8) is 0 Å². The molecule has 0 spiro atoms. The molecule has 9 rings (SSSR count). The number of ether oxygens (including phenoxy) is 1. The van der Waals surface area contributed by atoms with Gasteiger partial charge in [0, 0.05) is 62.4 Å². The standard InChI is InChI=1S/C44H36N2O/c1-4-45-40-20-12-10-16-32(40)38-26-36(30-14-6-8-18-34(30)43(38)45)42(28-22-24-29(47-3)25-23-28)37-27-39-33-17-11-13-21-41(33)46(5-2)44(39)35-19-9-7-15-31(35)37/h6-27,42H,4-5H2,1-3H3. The molecule has 0 unspecified atom stereocenters.